The molecular formula is C3H6N2OS. The number of rotatable bonds is 2. The van der Waals surface area contributed by atoms with Gasteiger partial charge in [0.15, 0.2) is 5.09 Å². The third-order valence-electron chi connectivity index (χ3n) is 0.219. The van der Waals surface area contributed by atoms with E-state index in [1.54, 1.807) is 0 Å². The molecule has 7 heavy (non-hydrogen) atoms. The summed E-state index contributed by atoms with van der Waals surface area (Å²) in [6.45, 7) is 3.27. The van der Waals surface area contributed by atoms with Crippen molar-refractivity contribution in [2.24, 2.45) is 10.9 Å². The molecule has 0 amide bonds. The van der Waals surface area contributed by atoms with Crippen LogP contribution in [0.3, 0.4) is 0 Å². The van der Waals surface area contributed by atoms with Crippen LogP contribution < -0.4 is 5.73 Å². The molecule has 0 heterocycles. The molecule has 0 atom stereocenters. The van der Waals surface area contributed by atoms with Crippen molar-refractivity contribution in [1.29, 1.82) is 0 Å². The quantitative estimate of drug-likeness (QED) is 0.180. The average Bonchev–Trinajstić information content (AvgIpc) is 1.61. The minimum absolute atomic E-state index is 0.224. The van der Waals surface area contributed by atoms with Gasteiger partial charge in [-0.2, -0.15) is 0 Å². The van der Waals surface area contributed by atoms with E-state index >= 15 is 0 Å². The molecule has 0 aromatic heterocycles. The monoisotopic (exact) mass is 118 g/mol. The van der Waals surface area contributed by atoms with Gasteiger partial charge in [0.25, 0.3) is 0 Å². The SMILES string of the molecule is C=C(S)O/N=C\N. The lowest BCUT2D eigenvalue weighted by Gasteiger charge is -1.87. The average molecular weight is 118 g/mol. The molecule has 0 saturated heterocycles. The van der Waals surface area contributed by atoms with Crippen LogP contribution in [0.2, 0.25) is 0 Å². The number of hydrogen-bond donors (Lipinski definition) is 2. The maximum Gasteiger partial charge on any atom is 0.181 e. The molecular weight excluding hydrogens is 112 g/mol. The first kappa shape index (κ1) is 6.36. The first-order valence-electron chi connectivity index (χ1n) is 1.56. The lowest BCUT2D eigenvalue weighted by Crippen LogP contribution is -1.88. The molecule has 2 N–H and O–H groups in total. The van der Waals surface area contributed by atoms with E-state index in [1.807, 2.05) is 0 Å². The highest BCUT2D eigenvalue weighted by atomic mass is 32.1. The van der Waals surface area contributed by atoms with Crippen molar-refractivity contribution in [3.05, 3.63) is 11.7 Å². The summed E-state index contributed by atoms with van der Waals surface area (Å²) in [7, 11) is 0. The molecule has 0 unspecified atom stereocenters. The van der Waals surface area contributed by atoms with Gasteiger partial charge in [-0.1, -0.05) is 5.16 Å². The highest BCUT2D eigenvalue weighted by molar-refractivity contribution is 7.84. The summed E-state index contributed by atoms with van der Waals surface area (Å²) in [5.74, 6) is 0. The first-order valence-corrected chi connectivity index (χ1v) is 2.00. The van der Waals surface area contributed by atoms with Gasteiger partial charge in [-0.3, -0.25) is 0 Å². The molecule has 0 aliphatic heterocycles. The number of hydrogen-bond acceptors (Lipinski definition) is 3. The predicted molar refractivity (Wildman–Crippen MR) is 31.9 cm³/mol. The van der Waals surface area contributed by atoms with Crippen LogP contribution in [0.4, 0.5) is 0 Å². The Balaban J connectivity index is 3.14. The summed E-state index contributed by atoms with van der Waals surface area (Å²) in [5.41, 5.74) is 4.79. The van der Waals surface area contributed by atoms with Crippen LogP contribution in [0, 0.1) is 0 Å². The maximum absolute atomic E-state index is 4.79. The van der Waals surface area contributed by atoms with E-state index < -0.39 is 0 Å². The lowest BCUT2D eigenvalue weighted by molar-refractivity contribution is 0.260. The summed E-state index contributed by atoms with van der Waals surface area (Å²) < 4.78 is 0. The molecule has 0 bridgehead atoms. The first-order chi connectivity index (χ1) is 3.27. The molecule has 0 aromatic carbocycles. The van der Waals surface area contributed by atoms with Crippen LogP contribution in [0.5, 0.6) is 0 Å². The van der Waals surface area contributed by atoms with E-state index in [4.69, 9.17) is 5.73 Å². The normalized spacial score (nSPS) is 9.29. The minimum Gasteiger partial charge on any atom is -0.387 e. The highest BCUT2D eigenvalue weighted by Gasteiger charge is 1.74. The Morgan fingerprint density at radius 1 is 2.00 bits per heavy atom. The molecule has 0 aromatic rings. The molecule has 0 spiro atoms. The zero-order valence-corrected chi connectivity index (χ0v) is 4.56. The number of thiol groups is 1. The fourth-order valence-electron chi connectivity index (χ4n) is 0.0913. The van der Waals surface area contributed by atoms with Crippen molar-refractivity contribution in [2.75, 3.05) is 0 Å². The van der Waals surface area contributed by atoms with Crippen LogP contribution >= 0.6 is 12.6 Å². The van der Waals surface area contributed by atoms with E-state index in [2.05, 4.69) is 29.2 Å². The van der Waals surface area contributed by atoms with Gasteiger partial charge in [0, 0.05) is 0 Å². The zero-order valence-electron chi connectivity index (χ0n) is 3.66. The molecule has 4 heteroatoms. The molecule has 3 nitrogen and oxygen atoms in total. The summed E-state index contributed by atoms with van der Waals surface area (Å²) in [5, 5.41) is 3.37. The van der Waals surface area contributed by atoms with Crippen molar-refractivity contribution in [3.8, 4) is 0 Å². The Morgan fingerprint density at radius 2 is 2.57 bits per heavy atom. The van der Waals surface area contributed by atoms with Crippen molar-refractivity contribution < 1.29 is 4.84 Å². The molecule has 0 radical (unpaired) electrons. The molecule has 0 fully saturated rings. The fourth-order valence-corrected chi connectivity index (χ4v) is 0.138. The van der Waals surface area contributed by atoms with E-state index in [-0.39, 0.29) is 5.09 Å². The smallest absolute Gasteiger partial charge is 0.181 e. The van der Waals surface area contributed by atoms with Gasteiger partial charge in [-0.15, -0.1) is 12.6 Å². The van der Waals surface area contributed by atoms with Crippen molar-refractivity contribution in [1.82, 2.24) is 0 Å². The van der Waals surface area contributed by atoms with Crippen LogP contribution in [0.1, 0.15) is 0 Å². The van der Waals surface area contributed by atoms with Crippen LogP contribution in [-0.4, -0.2) is 6.34 Å². The van der Waals surface area contributed by atoms with Gasteiger partial charge in [0.05, 0.1) is 0 Å². The standard InChI is InChI=1S/C3H6N2OS/c1-3(7)6-5-2-4/h2,7H,1H2,(H2,4,5). The predicted octanol–water partition coefficient (Wildman–Crippen LogP) is 0.306. The Hall–Kier alpha value is -0.640. The lowest BCUT2D eigenvalue weighted by atomic mass is 11.2. The Bertz CT molecular complexity index is 90.9. The van der Waals surface area contributed by atoms with Crippen molar-refractivity contribution >= 4 is 19.0 Å². The van der Waals surface area contributed by atoms with E-state index in [1.165, 1.54) is 0 Å². The van der Waals surface area contributed by atoms with E-state index in [0.29, 0.717) is 0 Å². The number of oxime groups is 1. The summed E-state index contributed by atoms with van der Waals surface area (Å²) >= 11 is 3.65. The summed E-state index contributed by atoms with van der Waals surface area (Å²) in [6, 6.07) is 0. The number of nitrogens with two attached hydrogens (primary N) is 1. The summed E-state index contributed by atoms with van der Waals surface area (Å²) in [6.07, 6.45) is 1.02. The van der Waals surface area contributed by atoms with Gasteiger partial charge in [0.2, 0.25) is 0 Å². The zero-order chi connectivity index (χ0) is 5.70. The Morgan fingerprint density at radius 3 is 2.71 bits per heavy atom. The molecule has 0 rings (SSSR count). The van der Waals surface area contributed by atoms with Gasteiger partial charge in [-0.25, -0.2) is 0 Å². The van der Waals surface area contributed by atoms with Gasteiger partial charge in [-0.05, 0) is 6.58 Å². The molecule has 40 valence electrons. The topological polar surface area (TPSA) is 47.6 Å². The van der Waals surface area contributed by atoms with E-state index in [9.17, 15) is 0 Å². The third kappa shape index (κ3) is 5.36. The van der Waals surface area contributed by atoms with Gasteiger partial charge < -0.3 is 10.6 Å². The van der Waals surface area contributed by atoms with Gasteiger partial charge >= 0.3 is 0 Å². The summed E-state index contributed by atoms with van der Waals surface area (Å²) in [4.78, 5) is 4.31. The molecule has 0 aliphatic carbocycles. The van der Waals surface area contributed by atoms with Gasteiger partial charge in [0.1, 0.15) is 6.34 Å². The second-order valence-corrected chi connectivity index (χ2v) is 1.24. The van der Waals surface area contributed by atoms with Crippen molar-refractivity contribution in [3.63, 3.8) is 0 Å². The third-order valence-corrected chi connectivity index (χ3v) is 0.301. The molecule has 0 aliphatic rings. The van der Waals surface area contributed by atoms with Crippen LogP contribution in [-0.2, 0) is 4.84 Å². The fraction of sp³-hybridized carbons (Fsp3) is 0. The van der Waals surface area contributed by atoms with Crippen molar-refractivity contribution in [2.45, 2.75) is 0 Å². The second-order valence-electron chi connectivity index (χ2n) is 0.740. The minimum atomic E-state index is 0.224. The number of nitrogens with zero attached hydrogens (tertiary/aromatic N) is 1. The molecule has 0 saturated carbocycles. The largest absolute Gasteiger partial charge is 0.387 e. The second kappa shape index (κ2) is 3.55. The van der Waals surface area contributed by atoms with Crippen LogP contribution in [0.25, 0.3) is 0 Å². The Kier molecular flexibility index (Phi) is 3.22. The van der Waals surface area contributed by atoms with E-state index in [0.717, 1.165) is 6.34 Å². The maximum atomic E-state index is 4.79. The Labute approximate surface area is 47.2 Å². The highest BCUT2D eigenvalue weighted by Crippen LogP contribution is 1.95. The van der Waals surface area contributed by atoms with Crippen LogP contribution in [0.15, 0.2) is 16.8 Å².